The Labute approximate surface area is 153 Å². The van der Waals surface area contributed by atoms with Crippen molar-refractivity contribution in [2.45, 2.75) is 39.8 Å². The Bertz CT molecular complexity index is 668. The van der Waals surface area contributed by atoms with Gasteiger partial charge in [0.2, 0.25) is 0 Å². The summed E-state index contributed by atoms with van der Waals surface area (Å²) in [6.45, 7) is 9.53. The van der Waals surface area contributed by atoms with Gasteiger partial charge < -0.3 is 10.5 Å². The minimum Gasteiger partial charge on any atom is -0.359 e. The van der Waals surface area contributed by atoms with E-state index in [0.717, 1.165) is 0 Å². The normalized spacial score (nSPS) is 11.0. The van der Waals surface area contributed by atoms with Gasteiger partial charge in [-0.2, -0.15) is 0 Å². The van der Waals surface area contributed by atoms with Crippen molar-refractivity contribution in [1.82, 2.24) is 20.4 Å². The third-order valence-electron chi connectivity index (χ3n) is 3.75. The second-order valence-electron chi connectivity index (χ2n) is 6.05. The van der Waals surface area contributed by atoms with E-state index < -0.39 is 5.91 Å². The van der Waals surface area contributed by atoms with E-state index in [1.807, 2.05) is 0 Å². The molecule has 1 N–H and O–H groups in total. The fourth-order valence-electron chi connectivity index (χ4n) is 2.63. The summed E-state index contributed by atoms with van der Waals surface area (Å²) in [6, 6.07) is 4.14. The van der Waals surface area contributed by atoms with Gasteiger partial charge in [-0.25, -0.2) is 0 Å². The number of halogens is 1. The maximum atomic E-state index is 12.4. The summed E-state index contributed by atoms with van der Waals surface area (Å²) in [5, 5.41) is 18.2. The van der Waals surface area contributed by atoms with Crippen molar-refractivity contribution in [3.05, 3.63) is 35.4 Å². The molecule has 9 heteroatoms. The first-order valence-electron chi connectivity index (χ1n) is 7.96. The van der Waals surface area contributed by atoms with Crippen molar-refractivity contribution in [2.75, 3.05) is 13.1 Å². The van der Waals surface area contributed by atoms with Crippen LogP contribution in [0.2, 0.25) is 0 Å². The molecule has 25 heavy (non-hydrogen) atoms. The molecule has 2 aromatic rings. The Balaban J connectivity index is 0.00000312. The van der Waals surface area contributed by atoms with Crippen LogP contribution in [-0.4, -0.2) is 46.1 Å². The number of nitrogens with zero attached hydrogens (tertiary/aromatic N) is 4. The summed E-state index contributed by atoms with van der Waals surface area (Å²) in [6.07, 6.45) is 3.12. The summed E-state index contributed by atoms with van der Waals surface area (Å²) in [5.41, 5.74) is 0.566. The third-order valence-corrected chi connectivity index (χ3v) is 3.75. The Morgan fingerprint density at radius 3 is 2.60 bits per heavy atom. The Morgan fingerprint density at radius 1 is 1.36 bits per heavy atom. The van der Waals surface area contributed by atoms with E-state index >= 15 is 0 Å². The zero-order valence-corrected chi connectivity index (χ0v) is 15.6. The topological polar surface area (TPSA) is 98.2 Å². The highest BCUT2D eigenvalue weighted by atomic mass is 35.5. The molecule has 0 fully saturated rings. The second-order valence-corrected chi connectivity index (χ2v) is 6.05. The van der Waals surface area contributed by atoms with Crippen molar-refractivity contribution in [3.8, 4) is 11.3 Å². The fraction of sp³-hybridized carbons (Fsp3) is 0.500. The number of carbonyl (C=O) groups excluding carboxylic acids is 1. The number of aromatic nitrogens is 3. The molecule has 1 amide bonds. The molecule has 0 spiro atoms. The van der Waals surface area contributed by atoms with Gasteiger partial charge in [0.25, 0.3) is 17.3 Å². The van der Waals surface area contributed by atoms with Gasteiger partial charge in [-0.05, 0) is 44.7 Å². The molecule has 138 valence electrons. The molecule has 0 aliphatic rings. The van der Waals surface area contributed by atoms with Crippen molar-refractivity contribution in [3.63, 3.8) is 0 Å². The van der Waals surface area contributed by atoms with Crippen LogP contribution in [0, 0.1) is 5.21 Å². The van der Waals surface area contributed by atoms with Crippen LogP contribution in [0.4, 0.5) is 0 Å². The third kappa shape index (κ3) is 5.14. The highest BCUT2D eigenvalue weighted by Gasteiger charge is 2.28. The SMILES string of the molecule is CC(C)N(CCNC(=O)c1c(-c2cccnc2)no[n+]1[O-])C(C)C.Cl. The molecule has 2 heterocycles. The van der Waals surface area contributed by atoms with Crippen molar-refractivity contribution < 1.29 is 14.3 Å². The molecule has 2 rings (SSSR count). The summed E-state index contributed by atoms with van der Waals surface area (Å²) in [7, 11) is 0. The van der Waals surface area contributed by atoms with Gasteiger partial charge in [-0.3, -0.25) is 19.3 Å². The highest BCUT2D eigenvalue weighted by molar-refractivity contribution is 5.96. The number of hydrogen-bond acceptors (Lipinski definition) is 6. The Kier molecular flexibility index (Phi) is 7.79. The molecule has 0 aliphatic carbocycles. The lowest BCUT2D eigenvalue weighted by Crippen LogP contribution is -2.44. The number of rotatable bonds is 7. The van der Waals surface area contributed by atoms with Crippen LogP contribution < -0.4 is 10.2 Å². The summed E-state index contributed by atoms with van der Waals surface area (Å²) >= 11 is 0. The lowest BCUT2D eigenvalue weighted by atomic mass is 10.1. The lowest BCUT2D eigenvalue weighted by Gasteiger charge is -2.30. The molecule has 0 saturated heterocycles. The van der Waals surface area contributed by atoms with Gasteiger partial charge in [-0.15, -0.1) is 12.4 Å². The molecule has 0 bridgehead atoms. The predicted octanol–water partition coefficient (Wildman–Crippen LogP) is 1.64. The molecule has 2 aromatic heterocycles. The second kappa shape index (κ2) is 9.33. The van der Waals surface area contributed by atoms with E-state index in [9.17, 15) is 10.0 Å². The highest BCUT2D eigenvalue weighted by Crippen LogP contribution is 2.17. The van der Waals surface area contributed by atoms with Crippen LogP contribution in [0.3, 0.4) is 0 Å². The standard InChI is InChI=1S/C16H23N5O3.ClH/c1-11(2)20(12(3)4)9-8-18-16(22)15-14(19-24-21(15)23)13-6-5-7-17-10-13;/h5-7,10-12H,8-9H2,1-4H3,(H,18,22);1H. The molecule has 0 unspecified atom stereocenters. The number of pyridine rings is 1. The van der Waals surface area contributed by atoms with E-state index in [1.54, 1.807) is 18.3 Å². The predicted molar refractivity (Wildman–Crippen MR) is 95.3 cm³/mol. The lowest BCUT2D eigenvalue weighted by molar-refractivity contribution is -0.803. The first kappa shape index (κ1) is 20.9. The smallest absolute Gasteiger partial charge is 0.300 e. The number of carbonyl (C=O) groups is 1. The van der Waals surface area contributed by atoms with Crippen LogP contribution in [0.15, 0.2) is 29.2 Å². The molecule has 8 nitrogen and oxygen atoms in total. The van der Waals surface area contributed by atoms with Gasteiger partial charge >= 0.3 is 0 Å². The first-order chi connectivity index (χ1) is 11.4. The van der Waals surface area contributed by atoms with Gasteiger partial charge in [0.05, 0.1) is 5.56 Å². The minimum atomic E-state index is -0.516. The molecule has 0 radical (unpaired) electrons. The molecular weight excluding hydrogens is 346 g/mol. The van der Waals surface area contributed by atoms with Crippen LogP contribution in [0.5, 0.6) is 0 Å². The maximum absolute atomic E-state index is 12.4. The quantitative estimate of drug-likeness (QED) is 0.745. The molecule has 0 saturated carbocycles. The van der Waals surface area contributed by atoms with Crippen LogP contribution in [0.1, 0.15) is 38.2 Å². The Hall–Kier alpha value is -2.19. The van der Waals surface area contributed by atoms with E-state index in [4.69, 9.17) is 0 Å². The van der Waals surface area contributed by atoms with E-state index in [2.05, 4.69) is 52.7 Å². The van der Waals surface area contributed by atoms with Crippen molar-refractivity contribution in [2.24, 2.45) is 0 Å². The van der Waals surface area contributed by atoms with Crippen molar-refractivity contribution >= 4 is 18.3 Å². The molecular formula is C16H24ClN5O3. The van der Waals surface area contributed by atoms with Gasteiger partial charge in [-0.1, -0.05) is 0 Å². The number of amides is 1. The van der Waals surface area contributed by atoms with E-state index in [0.29, 0.717) is 30.7 Å². The average Bonchev–Trinajstić information content (AvgIpc) is 2.93. The summed E-state index contributed by atoms with van der Waals surface area (Å²) in [4.78, 5) is 18.7. The van der Waals surface area contributed by atoms with Gasteiger partial charge in [0.1, 0.15) is 0 Å². The van der Waals surface area contributed by atoms with Crippen LogP contribution in [-0.2, 0) is 0 Å². The summed E-state index contributed by atoms with van der Waals surface area (Å²) < 4.78 is 4.59. The monoisotopic (exact) mass is 369 g/mol. The molecule has 0 aliphatic heterocycles. The zero-order chi connectivity index (χ0) is 17.7. The molecule has 0 aromatic carbocycles. The van der Waals surface area contributed by atoms with Crippen molar-refractivity contribution in [1.29, 1.82) is 0 Å². The molecule has 0 atom stereocenters. The van der Waals surface area contributed by atoms with Crippen LogP contribution in [0.25, 0.3) is 11.3 Å². The maximum Gasteiger partial charge on any atom is 0.300 e. The Morgan fingerprint density at radius 2 is 2.04 bits per heavy atom. The number of nitrogens with one attached hydrogen (secondary N) is 1. The fourth-order valence-corrected chi connectivity index (χ4v) is 2.63. The first-order valence-corrected chi connectivity index (χ1v) is 7.96. The average molecular weight is 370 g/mol. The van der Waals surface area contributed by atoms with Gasteiger partial charge in [0, 0.05) is 42.7 Å². The number of hydrogen-bond donors (Lipinski definition) is 1. The van der Waals surface area contributed by atoms with Crippen LogP contribution >= 0.6 is 12.4 Å². The zero-order valence-electron chi connectivity index (χ0n) is 14.8. The summed E-state index contributed by atoms with van der Waals surface area (Å²) in [5.74, 6) is -0.516. The van der Waals surface area contributed by atoms with E-state index in [1.165, 1.54) is 6.20 Å². The van der Waals surface area contributed by atoms with E-state index in [-0.39, 0.29) is 28.7 Å². The van der Waals surface area contributed by atoms with Gasteiger partial charge in [0.15, 0.2) is 0 Å². The minimum absolute atomic E-state index is 0. The largest absolute Gasteiger partial charge is 0.359 e.